The summed E-state index contributed by atoms with van der Waals surface area (Å²) in [6.45, 7) is 0.319. The molecular weight excluding hydrogens is 418 g/mol. The second-order valence-corrected chi connectivity index (χ2v) is 6.96. The quantitative estimate of drug-likeness (QED) is 0.564. The summed E-state index contributed by atoms with van der Waals surface area (Å²) in [6.07, 6.45) is 0.944. The van der Waals surface area contributed by atoms with Crippen molar-refractivity contribution in [1.29, 1.82) is 0 Å². The van der Waals surface area contributed by atoms with Crippen molar-refractivity contribution in [3.8, 4) is 0 Å². The van der Waals surface area contributed by atoms with Crippen molar-refractivity contribution < 1.29 is 22.8 Å². The standard InChI is InChI=1S/C18H14Cl2F3N3O2/c19-9-3-4-11(20)10(8-9)18(28)26-7-1-2-14(26)17(27)25-24-13-6-5-12(21)15(22)16(13)23/h3-6,8,14,24H,1-2,7H2,(H,25,27)/t14-/m1/s1. The van der Waals surface area contributed by atoms with Crippen molar-refractivity contribution in [3.63, 3.8) is 0 Å². The van der Waals surface area contributed by atoms with Crippen LogP contribution >= 0.6 is 23.2 Å². The van der Waals surface area contributed by atoms with Crippen molar-refractivity contribution in [2.75, 3.05) is 12.0 Å². The van der Waals surface area contributed by atoms with Crippen molar-refractivity contribution in [1.82, 2.24) is 10.3 Å². The molecule has 1 atom stereocenters. The first-order chi connectivity index (χ1) is 13.3. The molecule has 0 aliphatic carbocycles. The number of rotatable bonds is 4. The van der Waals surface area contributed by atoms with Gasteiger partial charge in [0.25, 0.3) is 11.8 Å². The van der Waals surface area contributed by atoms with Crippen LogP contribution < -0.4 is 10.9 Å². The van der Waals surface area contributed by atoms with Gasteiger partial charge in [0.05, 0.1) is 16.3 Å². The zero-order chi connectivity index (χ0) is 20.4. The number of hydrazine groups is 1. The number of likely N-dealkylation sites (tertiary alicyclic amines) is 1. The molecule has 1 aliphatic heterocycles. The summed E-state index contributed by atoms with van der Waals surface area (Å²) in [5.41, 5.74) is 4.15. The van der Waals surface area contributed by atoms with Crippen molar-refractivity contribution in [2.24, 2.45) is 0 Å². The Morgan fingerprint density at radius 3 is 2.57 bits per heavy atom. The Hall–Kier alpha value is -2.45. The van der Waals surface area contributed by atoms with Gasteiger partial charge in [0.2, 0.25) is 0 Å². The Labute approximate surface area is 168 Å². The smallest absolute Gasteiger partial charge is 0.261 e. The molecule has 0 aromatic heterocycles. The summed E-state index contributed by atoms with van der Waals surface area (Å²) in [5.74, 6) is -5.57. The van der Waals surface area contributed by atoms with E-state index in [1.807, 2.05) is 0 Å². The monoisotopic (exact) mass is 431 g/mol. The average Bonchev–Trinajstić information content (AvgIpc) is 3.16. The molecule has 5 nitrogen and oxygen atoms in total. The van der Waals surface area contributed by atoms with Crippen molar-refractivity contribution in [2.45, 2.75) is 18.9 Å². The van der Waals surface area contributed by atoms with E-state index in [0.29, 0.717) is 24.4 Å². The van der Waals surface area contributed by atoms with Gasteiger partial charge < -0.3 is 4.90 Å². The van der Waals surface area contributed by atoms with Gasteiger partial charge in [0.15, 0.2) is 17.5 Å². The number of hydrogen-bond donors (Lipinski definition) is 2. The summed E-state index contributed by atoms with van der Waals surface area (Å²) in [5, 5.41) is 0.519. The molecule has 1 saturated heterocycles. The molecule has 0 saturated carbocycles. The molecule has 1 aliphatic rings. The molecule has 0 radical (unpaired) electrons. The minimum Gasteiger partial charge on any atom is -0.327 e. The fourth-order valence-corrected chi connectivity index (χ4v) is 3.30. The first kappa shape index (κ1) is 20.3. The van der Waals surface area contributed by atoms with Crippen LogP contribution in [-0.2, 0) is 4.79 Å². The van der Waals surface area contributed by atoms with Crippen LogP contribution in [0.1, 0.15) is 23.2 Å². The fraction of sp³-hybridized carbons (Fsp3) is 0.222. The minimum absolute atomic E-state index is 0.161. The van der Waals surface area contributed by atoms with E-state index >= 15 is 0 Å². The first-order valence-electron chi connectivity index (χ1n) is 8.25. The highest BCUT2D eigenvalue weighted by atomic mass is 35.5. The van der Waals surface area contributed by atoms with Gasteiger partial charge in [0, 0.05) is 11.6 Å². The third-order valence-corrected chi connectivity index (χ3v) is 4.90. The zero-order valence-corrected chi connectivity index (χ0v) is 15.8. The summed E-state index contributed by atoms with van der Waals surface area (Å²) >= 11 is 12.0. The molecule has 148 valence electrons. The van der Waals surface area contributed by atoms with E-state index in [1.54, 1.807) is 0 Å². The van der Waals surface area contributed by atoms with E-state index in [-0.39, 0.29) is 10.6 Å². The molecular formula is C18H14Cl2F3N3O2. The van der Waals surface area contributed by atoms with Crippen molar-refractivity contribution >= 4 is 40.7 Å². The Morgan fingerprint density at radius 2 is 1.82 bits per heavy atom. The van der Waals surface area contributed by atoms with Crippen LogP contribution in [0.5, 0.6) is 0 Å². The van der Waals surface area contributed by atoms with E-state index in [2.05, 4.69) is 10.9 Å². The van der Waals surface area contributed by atoms with Crippen molar-refractivity contribution in [3.05, 3.63) is 63.4 Å². The van der Waals surface area contributed by atoms with Gasteiger partial charge >= 0.3 is 0 Å². The first-order valence-corrected chi connectivity index (χ1v) is 9.00. The number of nitrogens with one attached hydrogen (secondary N) is 2. The molecule has 2 aromatic rings. The van der Waals surface area contributed by atoms with Gasteiger partial charge in [-0.2, -0.15) is 0 Å². The maximum atomic E-state index is 13.7. The zero-order valence-electron chi connectivity index (χ0n) is 14.2. The molecule has 28 heavy (non-hydrogen) atoms. The highest BCUT2D eigenvalue weighted by molar-refractivity contribution is 6.35. The van der Waals surface area contributed by atoms with Crippen LogP contribution in [0.15, 0.2) is 30.3 Å². The van der Waals surface area contributed by atoms with Crippen LogP contribution in [0.4, 0.5) is 18.9 Å². The largest absolute Gasteiger partial charge is 0.327 e. The molecule has 2 aromatic carbocycles. The highest BCUT2D eigenvalue weighted by Gasteiger charge is 2.35. The summed E-state index contributed by atoms with van der Waals surface area (Å²) in [6, 6.07) is 5.25. The molecule has 1 fully saturated rings. The van der Waals surface area contributed by atoms with E-state index < -0.39 is 41.0 Å². The molecule has 0 bridgehead atoms. The maximum Gasteiger partial charge on any atom is 0.261 e. The van der Waals surface area contributed by atoms with E-state index in [4.69, 9.17) is 23.2 Å². The Kier molecular flexibility index (Phi) is 6.00. The van der Waals surface area contributed by atoms with E-state index in [9.17, 15) is 22.8 Å². The van der Waals surface area contributed by atoms with Gasteiger partial charge in [-0.05, 0) is 43.2 Å². The third-order valence-electron chi connectivity index (χ3n) is 4.33. The van der Waals surface area contributed by atoms with Crippen LogP contribution in [0.25, 0.3) is 0 Å². The third kappa shape index (κ3) is 4.02. The number of anilines is 1. The maximum absolute atomic E-state index is 13.7. The molecule has 0 unspecified atom stereocenters. The summed E-state index contributed by atoms with van der Waals surface area (Å²) in [7, 11) is 0. The number of nitrogens with zero attached hydrogens (tertiary/aromatic N) is 1. The Bertz CT molecular complexity index is 943. The van der Waals surface area contributed by atoms with Crippen LogP contribution in [-0.4, -0.2) is 29.3 Å². The Balaban J connectivity index is 1.72. The van der Waals surface area contributed by atoms with Gasteiger partial charge in [-0.25, -0.2) is 13.2 Å². The molecule has 0 spiro atoms. The SMILES string of the molecule is O=C(NNc1ccc(F)c(F)c1F)[C@H]1CCCN1C(=O)c1cc(Cl)ccc1Cl. The second kappa shape index (κ2) is 8.28. The second-order valence-electron chi connectivity index (χ2n) is 6.12. The number of amides is 2. The van der Waals surface area contributed by atoms with Gasteiger partial charge in [-0.3, -0.25) is 20.4 Å². The molecule has 10 heteroatoms. The number of carbonyl (C=O) groups excluding carboxylic acids is 2. The lowest BCUT2D eigenvalue weighted by Crippen LogP contribution is -2.47. The van der Waals surface area contributed by atoms with Gasteiger partial charge in [-0.15, -0.1) is 0 Å². The predicted octanol–water partition coefficient (Wildman–Crippen LogP) is 4.16. The number of hydrogen-bond acceptors (Lipinski definition) is 3. The molecule has 2 amide bonds. The fourth-order valence-electron chi connectivity index (χ4n) is 2.93. The molecule has 3 rings (SSSR count). The Morgan fingerprint density at radius 1 is 1.07 bits per heavy atom. The topological polar surface area (TPSA) is 61.4 Å². The van der Waals surface area contributed by atoms with Gasteiger partial charge in [0.1, 0.15) is 6.04 Å². The van der Waals surface area contributed by atoms with E-state index in [0.717, 1.165) is 12.1 Å². The molecule has 1 heterocycles. The highest BCUT2D eigenvalue weighted by Crippen LogP contribution is 2.26. The lowest BCUT2D eigenvalue weighted by Gasteiger charge is -2.24. The normalized spacial score (nSPS) is 16.2. The number of halogens is 5. The summed E-state index contributed by atoms with van der Waals surface area (Å²) < 4.78 is 39.9. The predicted molar refractivity (Wildman–Crippen MR) is 98.6 cm³/mol. The average molecular weight is 432 g/mol. The summed E-state index contributed by atoms with van der Waals surface area (Å²) in [4.78, 5) is 26.6. The minimum atomic E-state index is -1.66. The lowest BCUT2D eigenvalue weighted by molar-refractivity contribution is -0.124. The van der Waals surface area contributed by atoms with E-state index in [1.165, 1.54) is 23.1 Å². The van der Waals surface area contributed by atoms with Crippen LogP contribution in [0.2, 0.25) is 10.0 Å². The number of benzene rings is 2. The van der Waals surface area contributed by atoms with Gasteiger partial charge in [-0.1, -0.05) is 23.2 Å². The lowest BCUT2D eigenvalue weighted by atomic mass is 10.1. The van der Waals surface area contributed by atoms with Crippen LogP contribution in [0, 0.1) is 17.5 Å². The number of carbonyl (C=O) groups is 2. The van der Waals surface area contributed by atoms with Crippen LogP contribution in [0.3, 0.4) is 0 Å². The molecule has 2 N–H and O–H groups in total.